The number of nitrogens with one attached hydrogen (secondary N) is 1. The predicted octanol–water partition coefficient (Wildman–Crippen LogP) is 3.64. The lowest BCUT2D eigenvalue weighted by molar-refractivity contribution is -0.0785. The molecule has 1 heterocycles. The van der Waals surface area contributed by atoms with E-state index in [1.54, 1.807) is 0 Å². The highest BCUT2D eigenvalue weighted by Gasteiger charge is 2.39. The van der Waals surface area contributed by atoms with E-state index in [-0.39, 0.29) is 11.6 Å². The fourth-order valence-electron chi connectivity index (χ4n) is 3.45. The van der Waals surface area contributed by atoms with Crippen LogP contribution in [0.25, 0.3) is 0 Å². The van der Waals surface area contributed by atoms with Gasteiger partial charge in [0.2, 0.25) is 0 Å². The van der Waals surface area contributed by atoms with E-state index in [2.05, 4.69) is 29.9 Å². The Kier molecular flexibility index (Phi) is 6.49. The summed E-state index contributed by atoms with van der Waals surface area (Å²) in [5, 5.41) is 2.14. The van der Waals surface area contributed by atoms with Gasteiger partial charge in [-0.3, -0.25) is 11.3 Å². The third-order valence-electron chi connectivity index (χ3n) is 4.48. The van der Waals surface area contributed by atoms with Crippen molar-refractivity contribution in [2.45, 2.75) is 69.9 Å². The summed E-state index contributed by atoms with van der Waals surface area (Å²) in [6.45, 7) is 2.87. The van der Waals surface area contributed by atoms with E-state index >= 15 is 0 Å². The number of ether oxygens (including phenoxy) is 1. The molecule has 1 atom stereocenters. The summed E-state index contributed by atoms with van der Waals surface area (Å²) in [7, 11) is 0. The maximum absolute atomic E-state index is 6.23. The fourth-order valence-corrected chi connectivity index (χ4v) is 4.17. The Bertz CT molecular complexity index is 359. The van der Waals surface area contributed by atoms with Gasteiger partial charge in [-0.2, -0.15) is 0 Å². The number of aryl methyl sites for hydroxylation is 1. The van der Waals surface area contributed by atoms with Crippen LogP contribution in [0.15, 0.2) is 17.5 Å². The SMILES string of the molecule is CCOC1(C(CCc2cccs2)NN)CCCCCC1. The molecule has 1 saturated carbocycles. The molecule has 2 rings (SSSR count). The summed E-state index contributed by atoms with van der Waals surface area (Å²) >= 11 is 1.83. The van der Waals surface area contributed by atoms with Crippen LogP contribution < -0.4 is 11.3 Å². The Labute approximate surface area is 126 Å². The summed E-state index contributed by atoms with van der Waals surface area (Å²) in [4.78, 5) is 1.44. The molecule has 0 saturated heterocycles. The Morgan fingerprint density at radius 2 is 2.10 bits per heavy atom. The van der Waals surface area contributed by atoms with E-state index in [1.165, 1.54) is 30.6 Å². The van der Waals surface area contributed by atoms with Crippen LogP contribution in [0.1, 0.15) is 56.7 Å². The van der Waals surface area contributed by atoms with Crippen LogP contribution >= 0.6 is 11.3 Å². The van der Waals surface area contributed by atoms with Crippen molar-refractivity contribution >= 4 is 11.3 Å². The predicted molar refractivity (Wildman–Crippen MR) is 85.8 cm³/mol. The first-order valence-corrected chi connectivity index (χ1v) is 8.81. The van der Waals surface area contributed by atoms with Crippen molar-refractivity contribution in [1.82, 2.24) is 5.43 Å². The lowest BCUT2D eigenvalue weighted by atomic mass is 9.83. The Hall–Kier alpha value is -0.420. The molecule has 1 aromatic rings. The lowest BCUT2D eigenvalue weighted by Gasteiger charge is -2.40. The van der Waals surface area contributed by atoms with Gasteiger partial charge in [0.25, 0.3) is 0 Å². The average Bonchev–Trinajstić information content (AvgIpc) is 2.86. The lowest BCUT2D eigenvalue weighted by Crippen LogP contribution is -2.55. The van der Waals surface area contributed by atoms with E-state index in [0.717, 1.165) is 32.3 Å². The van der Waals surface area contributed by atoms with Crippen molar-refractivity contribution in [3.8, 4) is 0 Å². The number of hydrogen-bond donors (Lipinski definition) is 2. The van der Waals surface area contributed by atoms with Crippen molar-refractivity contribution in [2.24, 2.45) is 5.84 Å². The number of rotatable bonds is 7. The number of thiophene rings is 1. The zero-order valence-corrected chi connectivity index (χ0v) is 13.4. The first-order valence-electron chi connectivity index (χ1n) is 7.93. The first kappa shape index (κ1) is 16.0. The van der Waals surface area contributed by atoms with E-state index in [1.807, 2.05) is 11.3 Å². The second-order valence-corrected chi connectivity index (χ2v) is 6.78. The maximum atomic E-state index is 6.23. The average molecular weight is 296 g/mol. The largest absolute Gasteiger partial charge is 0.374 e. The van der Waals surface area contributed by atoms with Gasteiger partial charge in [0.05, 0.1) is 11.6 Å². The second kappa shape index (κ2) is 8.13. The first-order chi connectivity index (χ1) is 9.80. The summed E-state index contributed by atoms with van der Waals surface area (Å²) in [5.41, 5.74) is 3.01. The minimum Gasteiger partial charge on any atom is -0.374 e. The van der Waals surface area contributed by atoms with Crippen LogP contribution in [-0.2, 0) is 11.2 Å². The third-order valence-corrected chi connectivity index (χ3v) is 5.41. The molecule has 0 aliphatic heterocycles. The standard InChI is InChI=1S/C16H28N2OS/c1-2-19-16(11-5-3-4-6-12-16)15(18-17)10-9-14-8-7-13-20-14/h7-8,13,15,18H,2-6,9-12,17H2,1H3. The molecule has 0 bridgehead atoms. The summed E-state index contributed by atoms with van der Waals surface area (Å²) in [5.74, 6) is 5.88. The van der Waals surface area contributed by atoms with Gasteiger partial charge in [-0.1, -0.05) is 31.7 Å². The van der Waals surface area contributed by atoms with Gasteiger partial charge in [-0.05, 0) is 44.1 Å². The van der Waals surface area contributed by atoms with Crippen molar-refractivity contribution in [1.29, 1.82) is 0 Å². The normalized spacial score (nSPS) is 20.5. The molecule has 0 amide bonds. The molecule has 1 unspecified atom stereocenters. The molecule has 0 aromatic carbocycles. The Morgan fingerprint density at radius 3 is 2.65 bits per heavy atom. The monoisotopic (exact) mass is 296 g/mol. The number of hydrogen-bond acceptors (Lipinski definition) is 4. The Balaban J connectivity index is 2.03. The summed E-state index contributed by atoms with van der Waals surface area (Å²) in [6, 6.07) is 4.58. The molecular formula is C16H28N2OS. The highest BCUT2D eigenvalue weighted by molar-refractivity contribution is 7.09. The van der Waals surface area contributed by atoms with Crippen LogP contribution in [-0.4, -0.2) is 18.2 Å². The quantitative estimate of drug-likeness (QED) is 0.459. The van der Waals surface area contributed by atoms with E-state index in [0.29, 0.717) is 0 Å². The summed E-state index contributed by atoms with van der Waals surface area (Å²) < 4.78 is 6.23. The molecule has 0 radical (unpaired) electrons. The third kappa shape index (κ3) is 4.04. The molecule has 3 N–H and O–H groups in total. The van der Waals surface area contributed by atoms with Crippen molar-refractivity contribution in [2.75, 3.05) is 6.61 Å². The topological polar surface area (TPSA) is 47.3 Å². The van der Waals surface area contributed by atoms with E-state index in [9.17, 15) is 0 Å². The molecule has 1 aliphatic carbocycles. The van der Waals surface area contributed by atoms with Gasteiger partial charge in [-0.25, -0.2) is 0 Å². The van der Waals surface area contributed by atoms with Gasteiger partial charge in [0.15, 0.2) is 0 Å². The zero-order chi connectivity index (χ0) is 14.3. The molecule has 20 heavy (non-hydrogen) atoms. The van der Waals surface area contributed by atoms with E-state index in [4.69, 9.17) is 10.6 Å². The molecule has 0 spiro atoms. The molecule has 1 fully saturated rings. The van der Waals surface area contributed by atoms with Gasteiger partial charge in [0.1, 0.15) is 0 Å². The fraction of sp³-hybridized carbons (Fsp3) is 0.750. The van der Waals surface area contributed by atoms with Crippen LogP contribution in [0.2, 0.25) is 0 Å². The van der Waals surface area contributed by atoms with E-state index < -0.39 is 0 Å². The maximum Gasteiger partial charge on any atom is 0.0848 e. The van der Waals surface area contributed by atoms with Gasteiger partial charge in [0, 0.05) is 11.5 Å². The van der Waals surface area contributed by atoms with Crippen LogP contribution in [0.4, 0.5) is 0 Å². The van der Waals surface area contributed by atoms with Gasteiger partial charge < -0.3 is 4.74 Å². The van der Waals surface area contributed by atoms with Crippen molar-refractivity contribution in [3.63, 3.8) is 0 Å². The molecule has 1 aliphatic rings. The van der Waals surface area contributed by atoms with Crippen LogP contribution in [0.5, 0.6) is 0 Å². The minimum atomic E-state index is -0.0583. The van der Waals surface area contributed by atoms with Crippen molar-refractivity contribution < 1.29 is 4.74 Å². The molecular weight excluding hydrogens is 268 g/mol. The molecule has 114 valence electrons. The van der Waals surface area contributed by atoms with Gasteiger partial charge >= 0.3 is 0 Å². The number of nitrogens with two attached hydrogens (primary N) is 1. The zero-order valence-electron chi connectivity index (χ0n) is 12.6. The second-order valence-electron chi connectivity index (χ2n) is 5.75. The highest BCUT2D eigenvalue weighted by atomic mass is 32.1. The smallest absolute Gasteiger partial charge is 0.0848 e. The van der Waals surface area contributed by atoms with Gasteiger partial charge in [-0.15, -0.1) is 11.3 Å². The molecule has 3 nitrogen and oxygen atoms in total. The van der Waals surface area contributed by atoms with Crippen LogP contribution in [0, 0.1) is 0 Å². The minimum absolute atomic E-state index is 0.0583. The summed E-state index contributed by atoms with van der Waals surface area (Å²) in [6.07, 6.45) is 9.60. The van der Waals surface area contributed by atoms with Crippen LogP contribution in [0.3, 0.4) is 0 Å². The molecule has 4 heteroatoms. The van der Waals surface area contributed by atoms with Crippen molar-refractivity contribution in [3.05, 3.63) is 22.4 Å². The molecule has 1 aromatic heterocycles. The highest BCUT2D eigenvalue weighted by Crippen LogP contribution is 2.35. The Morgan fingerprint density at radius 1 is 1.35 bits per heavy atom. The number of hydrazine groups is 1.